The number of nitrogens with one attached hydrogen (secondary N) is 1. The summed E-state index contributed by atoms with van der Waals surface area (Å²) in [6.07, 6.45) is 3.00. The number of sulfonamides is 1. The zero-order valence-electron chi connectivity index (χ0n) is 16.7. The third-order valence-corrected chi connectivity index (χ3v) is 7.13. The number of carbonyl (C=O) groups is 1. The van der Waals surface area contributed by atoms with Crippen molar-refractivity contribution < 1.29 is 17.9 Å². The maximum atomic E-state index is 12.8. The zero-order chi connectivity index (χ0) is 20.7. The molecule has 3 rings (SSSR count). The summed E-state index contributed by atoms with van der Waals surface area (Å²) in [5, 5.41) is 2.97. The molecule has 0 aromatic heterocycles. The Morgan fingerprint density at radius 3 is 2.62 bits per heavy atom. The first kappa shape index (κ1) is 21.3. The van der Waals surface area contributed by atoms with Crippen molar-refractivity contribution in [2.24, 2.45) is 5.92 Å². The summed E-state index contributed by atoms with van der Waals surface area (Å²) in [5.74, 6) is 0.472. The maximum absolute atomic E-state index is 12.8. The van der Waals surface area contributed by atoms with Gasteiger partial charge in [-0.3, -0.25) is 4.79 Å². The molecule has 1 unspecified atom stereocenters. The quantitative estimate of drug-likeness (QED) is 0.672. The Morgan fingerprint density at radius 2 is 1.86 bits per heavy atom. The standard InChI is InChI=1S/C22H28N2O4S/c1-28-21-14-6-5-9-18(21)10-7-15-23-22(25)19-11-8-16-24(17-19)29(26,27)20-12-3-2-4-13-20/h2-6,9,12-14,19H,7-8,10-11,15-17H2,1H3,(H,23,25). The van der Waals surface area contributed by atoms with Gasteiger partial charge in [0.2, 0.25) is 15.9 Å². The molecule has 29 heavy (non-hydrogen) atoms. The maximum Gasteiger partial charge on any atom is 0.243 e. The van der Waals surface area contributed by atoms with Gasteiger partial charge in [0.15, 0.2) is 0 Å². The lowest BCUT2D eigenvalue weighted by atomic mass is 9.99. The van der Waals surface area contributed by atoms with Crippen LogP contribution in [-0.4, -0.2) is 45.4 Å². The van der Waals surface area contributed by atoms with Crippen LogP contribution in [0.25, 0.3) is 0 Å². The number of amides is 1. The minimum atomic E-state index is -3.56. The molecule has 1 amide bonds. The fraction of sp³-hybridized carbons (Fsp3) is 0.409. The van der Waals surface area contributed by atoms with Crippen LogP contribution in [0.2, 0.25) is 0 Å². The molecule has 1 atom stereocenters. The number of benzene rings is 2. The van der Waals surface area contributed by atoms with Crippen LogP contribution < -0.4 is 10.1 Å². The van der Waals surface area contributed by atoms with E-state index >= 15 is 0 Å². The van der Waals surface area contributed by atoms with Crippen molar-refractivity contribution in [1.82, 2.24) is 9.62 Å². The number of para-hydroxylation sites is 1. The highest BCUT2D eigenvalue weighted by molar-refractivity contribution is 7.89. The molecule has 2 aromatic rings. The number of carbonyl (C=O) groups excluding carboxylic acids is 1. The second-order valence-corrected chi connectivity index (χ2v) is 9.16. The summed E-state index contributed by atoms with van der Waals surface area (Å²) in [5.41, 5.74) is 1.11. The molecule has 1 N–H and O–H groups in total. The van der Waals surface area contributed by atoms with Crippen LogP contribution in [0.3, 0.4) is 0 Å². The highest BCUT2D eigenvalue weighted by atomic mass is 32.2. The molecule has 0 radical (unpaired) electrons. The predicted octanol–water partition coefficient (Wildman–Crippen LogP) is 2.84. The minimum Gasteiger partial charge on any atom is -0.496 e. The topological polar surface area (TPSA) is 75.7 Å². The van der Waals surface area contributed by atoms with Gasteiger partial charge in [-0.15, -0.1) is 0 Å². The number of hydrogen-bond donors (Lipinski definition) is 1. The van der Waals surface area contributed by atoms with Crippen LogP contribution in [0.4, 0.5) is 0 Å². The minimum absolute atomic E-state index is 0.0713. The lowest BCUT2D eigenvalue weighted by Gasteiger charge is -2.31. The SMILES string of the molecule is COc1ccccc1CCCNC(=O)C1CCCN(S(=O)(=O)c2ccccc2)C1. The number of nitrogens with zero attached hydrogens (tertiary/aromatic N) is 1. The fourth-order valence-corrected chi connectivity index (χ4v) is 5.21. The van der Waals surface area contributed by atoms with Crippen molar-refractivity contribution in [3.63, 3.8) is 0 Å². The number of rotatable bonds is 8. The van der Waals surface area contributed by atoms with Crippen LogP contribution in [0, 0.1) is 5.92 Å². The highest BCUT2D eigenvalue weighted by Gasteiger charge is 2.33. The van der Waals surface area contributed by atoms with Crippen LogP contribution in [0.1, 0.15) is 24.8 Å². The molecule has 1 aliphatic rings. The van der Waals surface area contributed by atoms with Crippen molar-refractivity contribution in [1.29, 1.82) is 0 Å². The van der Waals surface area contributed by atoms with Crippen LogP contribution in [0.15, 0.2) is 59.5 Å². The summed E-state index contributed by atoms with van der Waals surface area (Å²) in [7, 11) is -1.91. The Kier molecular flexibility index (Phi) is 7.28. The Morgan fingerprint density at radius 1 is 1.14 bits per heavy atom. The van der Waals surface area contributed by atoms with Crippen molar-refractivity contribution in [3.8, 4) is 5.75 Å². The van der Waals surface area contributed by atoms with E-state index in [1.807, 2.05) is 24.3 Å². The molecule has 1 aliphatic heterocycles. The van der Waals surface area contributed by atoms with Crippen LogP contribution in [0.5, 0.6) is 5.75 Å². The van der Waals surface area contributed by atoms with Gasteiger partial charge in [0.1, 0.15) is 5.75 Å². The van der Waals surface area contributed by atoms with Crippen LogP contribution >= 0.6 is 0 Å². The molecule has 0 spiro atoms. The van der Waals surface area contributed by atoms with E-state index in [2.05, 4.69) is 5.32 Å². The molecule has 0 aliphatic carbocycles. The average Bonchev–Trinajstić information content (AvgIpc) is 2.77. The van der Waals surface area contributed by atoms with E-state index in [0.29, 0.717) is 25.9 Å². The van der Waals surface area contributed by atoms with E-state index in [1.165, 1.54) is 4.31 Å². The molecule has 0 saturated carbocycles. The largest absolute Gasteiger partial charge is 0.496 e. The smallest absolute Gasteiger partial charge is 0.243 e. The summed E-state index contributed by atoms with van der Waals surface area (Å²) in [6.45, 7) is 1.24. The Hall–Kier alpha value is -2.38. The molecule has 2 aromatic carbocycles. The monoisotopic (exact) mass is 416 g/mol. The van der Waals surface area contributed by atoms with Gasteiger partial charge in [-0.1, -0.05) is 36.4 Å². The van der Waals surface area contributed by atoms with Gasteiger partial charge in [-0.05, 0) is 49.4 Å². The molecule has 0 bridgehead atoms. The van der Waals surface area contributed by atoms with Gasteiger partial charge < -0.3 is 10.1 Å². The molecular weight excluding hydrogens is 388 g/mol. The molecule has 7 heteroatoms. The molecule has 1 fully saturated rings. The number of aryl methyl sites for hydroxylation is 1. The van der Waals surface area contributed by atoms with E-state index in [4.69, 9.17) is 4.74 Å². The first-order chi connectivity index (χ1) is 14.0. The van der Waals surface area contributed by atoms with E-state index in [0.717, 1.165) is 24.2 Å². The number of ether oxygens (including phenoxy) is 1. The van der Waals surface area contributed by atoms with E-state index in [9.17, 15) is 13.2 Å². The third kappa shape index (κ3) is 5.36. The van der Waals surface area contributed by atoms with E-state index in [1.54, 1.807) is 37.4 Å². The van der Waals surface area contributed by atoms with Gasteiger partial charge in [0.25, 0.3) is 0 Å². The van der Waals surface area contributed by atoms with Gasteiger partial charge >= 0.3 is 0 Å². The number of methoxy groups -OCH3 is 1. The molecular formula is C22H28N2O4S. The summed E-state index contributed by atoms with van der Waals surface area (Å²) < 4.78 is 32.4. The fourth-order valence-electron chi connectivity index (χ4n) is 3.66. The second-order valence-electron chi connectivity index (χ2n) is 7.22. The van der Waals surface area contributed by atoms with Crippen molar-refractivity contribution in [2.45, 2.75) is 30.6 Å². The summed E-state index contributed by atoms with van der Waals surface area (Å²) in [6, 6.07) is 16.3. The Balaban J connectivity index is 1.51. The second kappa shape index (κ2) is 9.89. The summed E-state index contributed by atoms with van der Waals surface area (Å²) in [4.78, 5) is 12.9. The normalized spacial score (nSPS) is 17.6. The van der Waals surface area contributed by atoms with Crippen LogP contribution in [-0.2, 0) is 21.2 Å². The lowest BCUT2D eigenvalue weighted by molar-refractivity contribution is -0.126. The summed E-state index contributed by atoms with van der Waals surface area (Å²) >= 11 is 0. The van der Waals surface area contributed by atoms with Gasteiger partial charge in [-0.25, -0.2) is 8.42 Å². The first-order valence-corrected chi connectivity index (χ1v) is 11.4. The first-order valence-electron chi connectivity index (χ1n) is 9.97. The Bertz CT molecular complexity index is 915. The molecule has 1 heterocycles. The highest BCUT2D eigenvalue weighted by Crippen LogP contribution is 2.24. The molecule has 156 valence electrons. The van der Waals surface area contributed by atoms with E-state index in [-0.39, 0.29) is 23.3 Å². The predicted molar refractivity (Wildman–Crippen MR) is 112 cm³/mol. The average molecular weight is 417 g/mol. The number of hydrogen-bond acceptors (Lipinski definition) is 4. The molecule has 1 saturated heterocycles. The van der Waals surface area contributed by atoms with Crippen molar-refractivity contribution in [3.05, 3.63) is 60.2 Å². The number of piperidine rings is 1. The molecule has 6 nitrogen and oxygen atoms in total. The van der Waals surface area contributed by atoms with Crippen molar-refractivity contribution in [2.75, 3.05) is 26.7 Å². The van der Waals surface area contributed by atoms with Gasteiger partial charge in [-0.2, -0.15) is 4.31 Å². The van der Waals surface area contributed by atoms with Gasteiger partial charge in [0.05, 0.1) is 17.9 Å². The van der Waals surface area contributed by atoms with Gasteiger partial charge in [0, 0.05) is 19.6 Å². The lowest BCUT2D eigenvalue weighted by Crippen LogP contribution is -2.45. The van der Waals surface area contributed by atoms with E-state index < -0.39 is 10.0 Å². The third-order valence-electron chi connectivity index (χ3n) is 5.25. The zero-order valence-corrected chi connectivity index (χ0v) is 17.5. The van der Waals surface area contributed by atoms with Crippen molar-refractivity contribution >= 4 is 15.9 Å². The Labute approximate surface area is 172 Å².